The highest BCUT2D eigenvalue weighted by atomic mass is 79.9. The molecule has 134 valence electrons. The van der Waals surface area contributed by atoms with E-state index in [1.54, 1.807) is 25.3 Å². The third kappa shape index (κ3) is 4.64. The first-order chi connectivity index (χ1) is 12.2. The maximum Gasteiger partial charge on any atom is 0.231 e. The SMILES string of the molecule is COc1cc2c(cc1Br)OCO2.Fc1ccc(C2CCNCC2)cc1. The molecule has 1 fully saturated rings. The van der Waals surface area contributed by atoms with Crippen LogP contribution in [0.4, 0.5) is 4.39 Å². The second-order valence-electron chi connectivity index (χ2n) is 5.92. The van der Waals surface area contributed by atoms with Gasteiger partial charge in [-0.25, -0.2) is 4.39 Å². The van der Waals surface area contributed by atoms with Crippen molar-refractivity contribution in [3.8, 4) is 17.2 Å². The zero-order valence-electron chi connectivity index (χ0n) is 14.1. The standard InChI is InChI=1S/C11H14FN.C8H7BrO3/c12-11-3-1-9(2-4-11)10-5-7-13-8-6-10;1-10-6-3-8-7(2-5(6)9)11-4-12-8/h1-4,10,13H,5-8H2;2-3H,4H2,1H3. The lowest BCUT2D eigenvalue weighted by atomic mass is 9.90. The molecular formula is C19H21BrFNO3. The van der Waals surface area contributed by atoms with Gasteiger partial charge in [0.2, 0.25) is 6.79 Å². The van der Waals surface area contributed by atoms with Crippen LogP contribution in [0.3, 0.4) is 0 Å². The average Bonchev–Trinajstić information content (AvgIpc) is 3.10. The fourth-order valence-electron chi connectivity index (χ4n) is 2.95. The van der Waals surface area contributed by atoms with Gasteiger partial charge >= 0.3 is 0 Å². The normalized spacial score (nSPS) is 16.1. The smallest absolute Gasteiger partial charge is 0.231 e. The predicted octanol–water partition coefficient (Wildman–Crippen LogP) is 4.48. The Labute approximate surface area is 155 Å². The summed E-state index contributed by atoms with van der Waals surface area (Å²) in [4.78, 5) is 0. The zero-order valence-corrected chi connectivity index (χ0v) is 15.6. The van der Waals surface area contributed by atoms with E-state index in [0.717, 1.165) is 34.8 Å². The van der Waals surface area contributed by atoms with Crippen molar-refractivity contribution in [2.24, 2.45) is 0 Å². The number of fused-ring (bicyclic) bond motifs is 1. The number of nitrogens with one attached hydrogen (secondary N) is 1. The first kappa shape index (κ1) is 18.0. The van der Waals surface area contributed by atoms with Crippen LogP contribution in [-0.2, 0) is 0 Å². The van der Waals surface area contributed by atoms with Crippen molar-refractivity contribution >= 4 is 15.9 Å². The van der Waals surface area contributed by atoms with E-state index in [4.69, 9.17) is 14.2 Å². The minimum atomic E-state index is -0.141. The Morgan fingerprint density at radius 1 is 1.08 bits per heavy atom. The summed E-state index contributed by atoms with van der Waals surface area (Å²) in [5.41, 5.74) is 1.28. The highest BCUT2D eigenvalue weighted by molar-refractivity contribution is 9.10. The van der Waals surface area contributed by atoms with Crippen LogP contribution in [0.2, 0.25) is 0 Å². The molecule has 0 atom stereocenters. The van der Waals surface area contributed by atoms with Gasteiger partial charge in [-0.3, -0.25) is 0 Å². The van der Waals surface area contributed by atoms with Crippen molar-refractivity contribution in [3.63, 3.8) is 0 Å². The Balaban J connectivity index is 0.000000146. The molecule has 4 rings (SSSR count). The second kappa shape index (κ2) is 8.54. The van der Waals surface area contributed by atoms with Crippen molar-refractivity contribution < 1.29 is 18.6 Å². The molecule has 0 bridgehead atoms. The Morgan fingerprint density at radius 2 is 1.72 bits per heavy atom. The highest BCUT2D eigenvalue weighted by Gasteiger charge is 2.16. The van der Waals surface area contributed by atoms with Crippen LogP contribution in [0, 0.1) is 5.82 Å². The molecule has 2 aromatic rings. The van der Waals surface area contributed by atoms with Gasteiger partial charge in [0, 0.05) is 12.1 Å². The highest BCUT2D eigenvalue weighted by Crippen LogP contribution is 2.40. The van der Waals surface area contributed by atoms with Crippen LogP contribution >= 0.6 is 15.9 Å². The van der Waals surface area contributed by atoms with E-state index in [0.29, 0.717) is 5.92 Å². The molecule has 1 N–H and O–H groups in total. The van der Waals surface area contributed by atoms with Crippen LogP contribution in [0.15, 0.2) is 40.9 Å². The lowest BCUT2D eigenvalue weighted by Crippen LogP contribution is -2.26. The minimum Gasteiger partial charge on any atom is -0.495 e. The van der Waals surface area contributed by atoms with Gasteiger partial charge < -0.3 is 19.5 Å². The van der Waals surface area contributed by atoms with E-state index in [1.165, 1.54) is 18.4 Å². The zero-order chi connectivity index (χ0) is 17.6. The van der Waals surface area contributed by atoms with Crippen molar-refractivity contribution in [2.45, 2.75) is 18.8 Å². The van der Waals surface area contributed by atoms with Crippen molar-refractivity contribution in [3.05, 3.63) is 52.3 Å². The number of benzene rings is 2. The lowest BCUT2D eigenvalue weighted by Gasteiger charge is -2.22. The van der Waals surface area contributed by atoms with Crippen LogP contribution in [0.25, 0.3) is 0 Å². The largest absolute Gasteiger partial charge is 0.495 e. The molecule has 6 heteroatoms. The molecule has 2 aromatic carbocycles. The molecule has 2 heterocycles. The van der Waals surface area contributed by atoms with E-state index in [-0.39, 0.29) is 12.6 Å². The van der Waals surface area contributed by atoms with Gasteiger partial charge in [0.05, 0.1) is 11.6 Å². The first-order valence-corrected chi connectivity index (χ1v) is 9.06. The molecule has 25 heavy (non-hydrogen) atoms. The van der Waals surface area contributed by atoms with E-state index >= 15 is 0 Å². The molecule has 2 aliphatic heterocycles. The van der Waals surface area contributed by atoms with Gasteiger partial charge in [-0.05, 0) is 65.5 Å². The monoisotopic (exact) mass is 409 g/mol. The first-order valence-electron chi connectivity index (χ1n) is 8.26. The summed E-state index contributed by atoms with van der Waals surface area (Å²) in [5.74, 6) is 2.72. The maximum atomic E-state index is 12.6. The number of rotatable bonds is 2. The summed E-state index contributed by atoms with van der Waals surface area (Å²) >= 11 is 3.35. The molecule has 1 saturated heterocycles. The third-order valence-electron chi connectivity index (χ3n) is 4.33. The Kier molecular flexibility index (Phi) is 6.15. The molecule has 0 aromatic heterocycles. The molecule has 0 saturated carbocycles. The number of hydrogen-bond acceptors (Lipinski definition) is 4. The van der Waals surface area contributed by atoms with E-state index in [1.807, 2.05) is 18.2 Å². The van der Waals surface area contributed by atoms with Crippen molar-refractivity contribution in [2.75, 3.05) is 27.0 Å². The van der Waals surface area contributed by atoms with Gasteiger partial charge in [0.15, 0.2) is 11.5 Å². The number of hydrogen-bond donors (Lipinski definition) is 1. The lowest BCUT2D eigenvalue weighted by molar-refractivity contribution is 0.174. The summed E-state index contributed by atoms with van der Waals surface area (Å²) in [6.07, 6.45) is 2.34. The number of halogens is 2. The van der Waals surface area contributed by atoms with Gasteiger partial charge in [-0.2, -0.15) is 0 Å². The topological polar surface area (TPSA) is 39.7 Å². The molecule has 0 unspecified atom stereocenters. The molecule has 0 amide bonds. The number of piperidine rings is 1. The van der Waals surface area contributed by atoms with Gasteiger partial charge in [-0.15, -0.1) is 0 Å². The molecular weight excluding hydrogens is 389 g/mol. The molecule has 4 nitrogen and oxygen atoms in total. The van der Waals surface area contributed by atoms with E-state index < -0.39 is 0 Å². The summed E-state index contributed by atoms with van der Waals surface area (Å²) in [5, 5.41) is 3.32. The summed E-state index contributed by atoms with van der Waals surface area (Å²) < 4.78 is 28.9. The molecule has 0 aliphatic carbocycles. The van der Waals surface area contributed by atoms with E-state index in [2.05, 4.69) is 21.2 Å². The van der Waals surface area contributed by atoms with Gasteiger partial charge in [-0.1, -0.05) is 12.1 Å². The summed E-state index contributed by atoms with van der Waals surface area (Å²) in [7, 11) is 1.61. The molecule has 0 radical (unpaired) electrons. The van der Waals surface area contributed by atoms with Crippen molar-refractivity contribution in [1.82, 2.24) is 5.32 Å². The molecule has 0 spiro atoms. The van der Waals surface area contributed by atoms with Crippen LogP contribution in [0.1, 0.15) is 24.3 Å². The minimum absolute atomic E-state index is 0.141. The summed E-state index contributed by atoms with van der Waals surface area (Å²) in [6.45, 7) is 2.46. The fourth-order valence-corrected chi connectivity index (χ4v) is 3.43. The number of methoxy groups -OCH3 is 1. The Bertz CT molecular complexity index is 702. The molecule has 2 aliphatic rings. The maximum absolute atomic E-state index is 12.6. The Morgan fingerprint density at radius 3 is 2.36 bits per heavy atom. The predicted molar refractivity (Wildman–Crippen MR) is 98.1 cm³/mol. The fraction of sp³-hybridized carbons (Fsp3) is 0.368. The van der Waals surface area contributed by atoms with Crippen LogP contribution < -0.4 is 19.5 Å². The van der Waals surface area contributed by atoms with Crippen molar-refractivity contribution in [1.29, 1.82) is 0 Å². The van der Waals surface area contributed by atoms with E-state index in [9.17, 15) is 4.39 Å². The van der Waals surface area contributed by atoms with Gasteiger partial charge in [0.1, 0.15) is 11.6 Å². The number of ether oxygens (including phenoxy) is 3. The van der Waals surface area contributed by atoms with Crippen LogP contribution in [-0.4, -0.2) is 27.0 Å². The summed E-state index contributed by atoms with van der Waals surface area (Å²) in [6, 6.07) is 10.6. The van der Waals surface area contributed by atoms with Crippen LogP contribution in [0.5, 0.6) is 17.2 Å². The Hall–Kier alpha value is -1.79. The van der Waals surface area contributed by atoms with Gasteiger partial charge in [0.25, 0.3) is 0 Å². The quantitative estimate of drug-likeness (QED) is 0.793. The third-order valence-corrected chi connectivity index (χ3v) is 4.95. The second-order valence-corrected chi connectivity index (χ2v) is 6.77. The average molecular weight is 410 g/mol.